The van der Waals surface area contributed by atoms with E-state index < -0.39 is 5.91 Å². The Labute approximate surface area is 199 Å². The van der Waals surface area contributed by atoms with E-state index in [2.05, 4.69) is 15.6 Å². The second-order valence-electron chi connectivity index (χ2n) is 8.41. The molecule has 8 nitrogen and oxygen atoms in total. The van der Waals surface area contributed by atoms with Crippen molar-refractivity contribution < 1.29 is 19.1 Å². The summed E-state index contributed by atoms with van der Waals surface area (Å²) in [6.45, 7) is 9.46. The molecule has 1 heterocycles. The van der Waals surface area contributed by atoms with Crippen LogP contribution in [0.2, 0.25) is 0 Å². The van der Waals surface area contributed by atoms with E-state index in [1.807, 2.05) is 46.8 Å². The van der Waals surface area contributed by atoms with Crippen LogP contribution in [0.25, 0.3) is 0 Å². The van der Waals surface area contributed by atoms with Crippen molar-refractivity contribution in [3.63, 3.8) is 0 Å². The molecule has 2 amide bonds. The number of carbonyl (C=O) groups is 2. The van der Waals surface area contributed by atoms with Crippen molar-refractivity contribution in [3.8, 4) is 11.6 Å². The lowest BCUT2D eigenvalue weighted by atomic mass is 10.2. The monoisotopic (exact) mass is 462 g/mol. The van der Waals surface area contributed by atoms with Gasteiger partial charge < -0.3 is 25.8 Å². The van der Waals surface area contributed by atoms with Gasteiger partial charge in [0.25, 0.3) is 11.8 Å². The summed E-state index contributed by atoms with van der Waals surface area (Å²) in [5.41, 5.74) is 8.73. The predicted octanol–water partition coefficient (Wildman–Crippen LogP) is 5.05. The summed E-state index contributed by atoms with van der Waals surface area (Å²) in [4.78, 5) is 30.0. The van der Waals surface area contributed by atoms with Gasteiger partial charge in [-0.05, 0) is 88.7 Å². The average molecular weight is 463 g/mol. The van der Waals surface area contributed by atoms with Gasteiger partial charge >= 0.3 is 0 Å². The van der Waals surface area contributed by atoms with Crippen molar-refractivity contribution in [3.05, 3.63) is 71.4 Å². The lowest BCUT2D eigenvalue weighted by molar-refractivity contribution is 0.101. The molecule has 0 radical (unpaired) electrons. The van der Waals surface area contributed by atoms with Crippen LogP contribution in [0.3, 0.4) is 0 Å². The Bertz CT molecular complexity index is 1170. The van der Waals surface area contributed by atoms with Crippen molar-refractivity contribution >= 4 is 28.9 Å². The van der Waals surface area contributed by atoms with Gasteiger partial charge in [0.2, 0.25) is 5.88 Å². The first kappa shape index (κ1) is 24.6. The lowest BCUT2D eigenvalue weighted by Crippen LogP contribution is -2.19. The SMILES string of the molecule is Cc1ccc(NC(=O)c2ccc(NC(=O)c3ccc(N)cc3)c(OC(C)C)n2)c(OC(C)C)c1. The number of aromatic nitrogens is 1. The molecule has 0 bridgehead atoms. The van der Waals surface area contributed by atoms with Gasteiger partial charge in [0, 0.05) is 11.3 Å². The van der Waals surface area contributed by atoms with E-state index in [4.69, 9.17) is 15.2 Å². The molecule has 178 valence electrons. The standard InChI is InChI=1S/C26H30N4O4/c1-15(2)33-23-14-17(5)6-11-20(23)28-25(32)21-12-13-22(26(30-21)34-16(3)4)29-24(31)18-7-9-19(27)10-8-18/h6-16H,27H2,1-5H3,(H,28,32)(H,29,31). The van der Waals surface area contributed by atoms with E-state index in [0.29, 0.717) is 28.4 Å². The normalized spacial score (nSPS) is 10.8. The number of ether oxygens (including phenoxy) is 2. The van der Waals surface area contributed by atoms with Crippen LogP contribution in [0, 0.1) is 6.92 Å². The Morgan fingerprint density at radius 3 is 2.09 bits per heavy atom. The molecule has 0 fully saturated rings. The maximum Gasteiger partial charge on any atom is 0.274 e. The summed E-state index contributed by atoms with van der Waals surface area (Å²) >= 11 is 0. The van der Waals surface area contributed by atoms with Gasteiger partial charge in [-0.2, -0.15) is 0 Å². The predicted molar refractivity (Wildman–Crippen MR) is 134 cm³/mol. The number of carbonyl (C=O) groups excluding carboxylic acids is 2. The highest BCUT2D eigenvalue weighted by Gasteiger charge is 2.18. The molecule has 2 aromatic carbocycles. The number of nitrogens with one attached hydrogen (secondary N) is 2. The molecule has 34 heavy (non-hydrogen) atoms. The molecule has 1 aromatic heterocycles. The molecule has 0 unspecified atom stereocenters. The number of nitrogen functional groups attached to an aromatic ring is 1. The molecule has 0 spiro atoms. The van der Waals surface area contributed by atoms with Gasteiger partial charge in [-0.3, -0.25) is 9.59 Å². The molecule has 3 rings (SSSR count). The van der Waals surface area contributed by atoms with Gasteiger partial charge in [0.15, 0.2) is 0 Å². The summed E-state index contributed by atoms with van der Waals surface area (Å²) in [5, 5.41) is 5.64. The summed E-state index contributed by atoms with van der Waals surface area (Å²) < 4.78 is 11.6. The minimum absolute atomic E-state index is 0.0504. The maximum absolute atomic E-state index is 13.0. The van der Waals surface area contributed by atoms with Crippen molar-refractivity contribution in [2.75, 3.05) is 16.4 Å². The van der Waals surface area contributed by atoms with Crippen LogP contribution in [0.1, 0.15) is 54.1 Å². The summed E-state index contributed by atoms with van der Waals surface area (Å²) in [6, 6.07) is 15.2. The van der Waals surface area contributed by atoms with Crippen LogP contribution in [-0.4, -0.2) is 29.0 Å². The Balaban J connectivity index is 1.85. The lowest BCUT2D eigenvalue weighted by Gasteiger charge is -2.17. The third kappa shape index (κ3) is 6.48. The van der Waals surface area contributed by atoms with E-state index >= 15 is 0 Å². The van der Waals surface area contributed by atoms with Gasteiger partial charge in [-0.25, -0.2) is 4.98 Å². The number of nitrogens with zero attached hydrogens (tertiary/aromatic N) is 1. The average Bonchev–Trinajstić information content (AvgIpc) is 2.76. The number of nitrogens with two attached hydrogens (primary N) is 1. The number of aryl methyl sites for hydroxylation is 1. The number of hydrogen-bond donors (Lipinski definition) is 3. The number of hydrogen-bond acceptors (Lipinski definition) is 6. The molecule has 0 saturated carbocycles. The number of amides is 2. The Kier molecular flexibility index (Phi) is 7.73. The molecule has 0 aliphatic heterocycles. The van der Waals surface area contributed by atoms with Crippen molar-refractivity contribution in [1.82, 2.24) is 4.98 Å². The molecule has 0 saturated heterocycles. The zero-order chi connectivity index (χ0) is 24.8. The quantitative estimate of drug-likeness (QED) is 0.404. The maximum atomic E-state index is 13.0. The first-order valence-corrected chi connectivity index (χ1v) is 11.1. The van der Waals surface area contributed by atoms with Crippen molar-refractivity contribution in [1.29, 1.82) is 0 Å². The van der Waals surface area contributed by atoms with Crippen LogP contribution < -0.4 is 25.8 Å². The molecule has 4 N–H and O–H groups in total. The summed E-state index contributed by atoms with van der Waals surface area (Å²) in [6.07, 6.45) is -0.272. The Hall–Kier alpha value is -4.07. The van der Waals surface area contributed by atoms with E-state index in [-0.39, 0.29) is 29.7 Å². The van der Waals surface area contributed by atoms with E-state index in [9.17, 15) is 9.59 Å². The van der Waals surface area contributed by atoms with E-state index in [1.54, 1.807) is 36.4 Å². The fourth-order valence-electron chi connectivity index (χ4n) is 3.07. The van der Waals surface area contributed by atoms with Crippen LogP contribution in [-0.2, 0) is 0 Å². The highest BCUT2D eigenvalue weighted by Crippen LogP contribution is 2.29. The molecule has 0 atom stereocenters. The fourth-order valence-corrected chi connectivity index (χ4v) is 3.07. The second-order valence-corrected chi connectivity index (χ2v) is 8.41. The van der Waals surface area contributed by atoms with Crippen LogP contribution in [0.4, 0.5) is 17.1 Å². The first-order valence-electron chi connectivity index (χ1n) is 11.1. The van der Waals surface area contributed by atoms with Gasteiger partial charge in [0.1, 0.15) is 17.1 Å². The van der Waals surface area contributed by atoms with E-state index in [1.165, 1.54) is 6.07 Å². The summed E-state index contributed by atoms with van der Waals surface area (Å²) in [5.74, 6) is -0.0476. The minimum Gasteiger partial charge on any atom is -0.489 e. The first-order chi connectivity index (χ1) is 16.1. The highest BCUT2D eigenvalue weighted by atomic mass is 16.5. The van der Waals surface area contributed by atoms with Crippen molar-refractivity contribution in [2.45, 2.75) is 46.8 Å². The Morgan fingerprint density at radius 1 is 0.824 bits per heavy atom. The van der Waals surface area contributed by atoms with Gasteiger partial charge in [-0.1, -0.05) is 6.07 Å². The minimum atomic E-state index is -0.428. The molecule has 0 aliphatic carbocycles. The Morgan fingerprint density at radius 2 is 1.44 bits per heavy atom. The highest BCUT2D eigenvalue weighted by molar-refractivity contribution is 6.06. The molecular formula is C26H30N4O4. The number of benzene rings is 2. The third-order valence-corrected chi connectivity index (χ3v) is 4.61. The number of anilines is 3. The van der Waals surface area contributed by atoms with Crippen LogP contribution in [0.15, 0.2) is 54.6 Å². The van der Waals surface area contributed by atoms with Crippen LogP contribution in [0.5, 0.6) is 11.6 Å². The van der Waals surface area contributed by atoms with E-state index in [0.717, 1.165) is 5.56 Å². The molecular weight excluding hydrogens is 432 g/mol. The zero-order valence-electron chi connectivity index (χ0n) is 20.0. The van der Waals surface area contributed by atoms with Gasteiger partial charge in [-0.15, -0.1) is 0 Å². The van der Waals surface area contributed by atoms with Crippen LogP contribution >= 0.6 is 0 Å². The molecule has 3 aromatic rings. The number of rotatable bonds is 8. The van der Waals surface area contributed by atoms with Gasteiger partial charge in [0.05, 0.1) is 17.9 Å². The summed E-state index contributed by atoms with van der Waals surface area (Å²) in [7, 11) is 0. The fraction of sp³-hybridized carbons (Fsp3) is 0.269. The second kappa shape index (κ2) is 10.7. The zero-order valence-corrected chi connectivity index (χ0v) is 20.0. The number of pyridine rings is 1. The smallest absolute Gasteiger partial charge is 0.274 e. The molecule has 8 heteroatoms. The van der Waals surface area contributed by atoms with Crippen molar-refractivity contribution in [2.24, 2.45) is 0 Å². The third-order valence-electron chi connectivity index (χ3n) is 4.61. The molecule has 0 aliphatic rings. The topological polar surface area (TPSA) is 116 Å². The largest absolute Gasteiger partial charge is 0.489 e.